The number of rotatable bonds is 5. The number of anilines is 1. The number of H-pyrrole nitrogens is 1. The summed E-state index contributed by atoms with van der Waals surface area (Å²) in [5.74, 6) is -1.75. The van der Waals surface area contributed by atoms with Crippen LogP contribution in [0, 0.1) is 23.0 Å². The number of ether oxygens (including phenoxy) is 1. The van der Waals surface area contributed by atoms with Gasteiger partial charge in [-0.25, -0.2) is 13.8 Å². The number of allylic oxidation sites excluding steroid dienone is 1. The van der Waals surface area contributed by atoms with Crippen LogP contribution in [0.5, 0.6) is 11.5 Å². The summed E-state index contributed by atoms with van der Waals surface area (Å²) in [7, 11) is 0. The molecule has 0 fully saturated rings. The summed E-state index contributed by atoms with van der Waals surface area (Å²) in [6.07, 6.45) is 2.50. The minimum absolute atomic E-state index is 0.00963. The van der Waals surface area contributed by atoms with Crippen molar-refractivity contribution in [2.24, 2.45) is 0 Å². The molecule has 2 aromatic heterocycles. The van der Waals surface area contributed by atoms with Crippen LogP contribution >= 0.6 is 11.6 Å². The summed E-state index contributed by atoms with van der Waals surface area (Å²) < 4.78 is 33.7. The van der Waals surface area contributed by atoms with Gasteiger partial charge in [0.05, 0.1) is 5.69 Å². The number of halogens is 3. The minimum Gasteiger partial charge on any atom is -0.454 e. The van der Waals surface area contributed by atoms with Crippen molar-refractivity contribution in [3.05, 3.63) is 59.3 Å². The fraction of sp³-hybridized carbons (Fsp3) is 0. The number of nitrogens with zero attached hydrogens (tertiary/aromatic N) is 5. The van der Waals surface area contributed by atoms with Crippen LogP contribution in [0.1, 0.15) is 5.82 Å². The first-order chi connectivity index (χ1) is 12.6. The second-order valence-corrected chi connectivity index (χ2v) is 5.12. The van der Waals surface area contributed by atoms with E-state index in [2.05, 4.69) is 30.9 Å². The number of tetrazole rings is 1. The van der Waals surface area contributed by atoms with Crippen LogP contribution in [0.2, 0.25) is 5.15 Å². The van der Waals surface area contributed by atoms with Crippen molar-refractivity contribution in [1.29, 1.82) is 5.26 Å². The highest BCUT2D eigenvalue weighted by atomic mass is 35.5. The molecule has 0 saturated heterocycles. The molecule has 0 radical (unpaired) electrons. The first kappa shape index (κ1) is 17.2. The maximum atomic E-state index is 14.2. The lowest BCUT2D eigenvalue weighted by atomic mass is 10.2. The smallest absolute Gasteiger partial charge is 0.216 e. The molecule has 0 aliphatic carbocycles. The molecule has 11 heteroatoms. The molecule has 2 heterocycles. The van der Waals surface area contributed by atoms with E-state index in [4.69, 9.17) is 21.6 Å². The van der Waals surface area contributed by atoms with Crippen LogP contribution in [0.4, 0.5) is 14.5 Å². The number of hydrogen-bond acceptors (Lipinski definition) is 7. The van der Waals surface area contributed by atoms with Crippen LogP contribution < -0.4 is 10.1 Å². The highest BCUT2D eigenvalue weighted by molar-refractivity contribution is 6.29. The molecule has 2 N–H and O–H groups in total. The third kappa shape index (κ3) is 3.90. The normalized spacial score (nSPS) is 11.1. The molecule has 8 nitrogen and oxygen atoms in total. The van der Waals surface area contributed by atoms with E-state index < -0.39 is 11.6 Å². The molecule has 0 unspecified atom stereocenters. The van der Waals surface area contributed by atoms with Gasteiger partial charge in [-0.05, 0) is 11.3 Å². The lowest BCUT2D eigenvalue weighted by Crippen LogP contribution is -1.98. The van der Waals surface area contributed by atoms with Crippen molar-refractivity contribution >= 4 is 22.9 Å². The van der Waals surface area contributed by atoms with Gasteiger partial charge in [-0.3, -0.25) is 0 Å². The fourth-order valence-electron chi connectivity index (χ4n) is 1.87. The van der Waals surface area contributed by atoms with Gasteiger partial charge in [0, 0.05) is 30.6 Å². The van der Waals surface area contributed by atoms with Crippen molar-refractivity contribution in [2.45, 2.75) is 0 Å². The van der Waals surface area contributed by atoms with Crippen LogP contribution in [-0.2, 0) is 0 Å². The second kappa shape index (κ2) is 7.54. The largest absolute Gasteiger partial charge is 0.454 e. The summed E-state index contributed by atoms with van der Waals surface area (Å²) in [6.45, 7) is 0. The molecule has 0 atom stereocenters. The van der Waals surface area contributed by atoms with Gasteiger partial charge in [0.15, 0.2) is 17.4 Å². The maximum Gasteiger partial charge on any atom is 0.216 e. The summed E-state index contributed by atoms with van der Waals surface area (Å²) in [5.41, 5.74) is -0.232. The van der Waals surface area contributed by atoms with Crippen molar-refractivity contribution < 1.29 is 13.5 Å². The zero-order chi connectivity index (χ0) is 18.5. The Balaban J connectivity index is 1.82. The third-order valence-corrected chi connectivity index (χ3v) is 3.23. The van der Waals surface area contributed by atoms with Crippen LogP contribution in [0.25, 0.3) is 5.57 Å². The van der Waals surface area contributed by atoms with Gasteiger partial charge in [-0.1, -0.05) is 11.6 Å². The lowest BCUT2D eigenvalue weighted by Gasteiger charge is -2.10. The zero-order valence-corrected chi connectivity index (χ0v) is 13.5. The highest BCUT2D eigenvalue weighted by Crippen LogP contribution is 2.30. The van der Waals surface area contributed by atoms with E-state index in [1.165, 1.54) is 18.3 Å². The third-order valence-electron chi connectivity index (χ3n) is 3.03. The Hall–Kier alpha value is -3.58. The first-order valence-electron chi connectivity index (χ1n) is 6.96. The Labute approximate surface area is 150 Å². The van der Waals surface area contributed by atoms with Gasteiger partial charge in [0.1, 0.15) is 22.5 Å². The molecule has 0 aliphatic rings. The average Bonchev–Trinajstić information content (AvgIpc) is 3.14. The molecule has 0 bridgehead atoms. The minimum atomic E-state index is -0.826. The standard InChI is InChI=1S/C15H8ClF2N7O/c16-14-3-9(1-2-20-14)26-13-5-10(17)12(4-11(13)18)21-7-8(6-19)15-22-24-25-23-15/h1-5,7,21H,(H,22,23,24,25). The molecule has 26 heavy (non-hydrogen) atoms. The first-order valence-corrected chi connectivity index (χ1v) is 7.33. The van der Waals surface area contributed by atoms with Gasteiger partial charge in [-0.15, -0.1) is 10.2 Å². The number of pyridine rings is 1. The number of nitriles is 1. The predicted octanol–water partition coefficient (Wildman–Crippen LogP) is 3.30. The molecule has 3 aromatic rings. The number of hydrogen-bond donors (Lipinski definition) is 2. The molecule has 0 spiro atoms. The van der Waals surface area contributed by atoms with E-state index >= 15 is 0 Å². The Kier molecular flexibility index (Phi) is 5.00. The Morgan fingerprint density at radius 1 is 1.31 bits per heavy atom. The molecule has 3 rings (SSSR count). The highest BCUT2D eigenvalue weighted by Gasteiger charge is 2.13. The van der Waals surface area contributed by atoms with Crippen molar-refractivity contribution in [2.75, 3.05) is 5.32 Å². The fourth-order valence-corrected chi connectivity index (χ4v) is 2.03. The SMILES string of the molecule is N#CC(=CNc1cc(F)c(Oc2ccnc(Cl)c2)cc1F)c1nn[nH]n1. The Bertz CT molecular complexity index is 1000. The molecule has 130 valence electrons. The summed E-state index contributed by atoms with van der Waals surface area (Å²) in [4.78, 5) is 3.76. The quantitative estimate of drug-likeness (QED) is 0.519. The monoisotopic (exact) mass is 375 g/mol. The van der Waals surface area contributed by atoms with Crippen LogP contribution in [0.15, 0.2) is 36.7 Å². The molecular formula is C15H8ClF2N7O. The number of benzene rings is 1. The van der Waals surface area contributed by atoms with Crippen molar-refractivity contribution in [3.63, 3.8) is 0 Å². The lowest BCUT2D eigenvalue weighted by molar-refractivity contribution is 0.436. The predicted molar refractivity (Wildman–Crippen MR) is 87.1 cm³/mol. The van der Waals surface area contributed by atoms with E-state index in [0.29, 0.717) is 0 Å². The van der Waals surface area contributed by atoms with E-state index in [1.54, 1.807) is 0 Å². The molecular weight excluding hydrogens is 368 g/mol. The van der Waals surface area contributed by atoms with E-state index in [9.17, 15) is 8.78 Å². The zero-order valence-electron chi connectivity index (χ0n) is 12.7. The summed E-state index contributed by atoms with van der Waals surface area (Å²) >= 11 is 5.72. The Morgan fingerprint density at radius 2 is 2.15 bits per heavy atom. The van der Waals surface area contributed by atoms with Gasteiger partial charge in [0.2, 0.25) is 5.82 Å². The van der Waals surface area contributed by atoms with Crippen molar-refractivity contribution in [1.82, 2.24) is 25.6 Å². The van der Waals surface area contributed by atoms with E-state index in [0.717, 1.165) is 18.3 Å². The summed E-state index contributed by atoms with van der Waals surface area (Å²) in [5, 5.41) is 24.4. The van der Waals surface area contributed by atoms with E-state index in [-0.39, 0.29) is 33.7 Å². The van der Waals surface area contributed by atoms with Crippen LogP contribution in [-0.4, -0.2) is 25.6 Å². The average molecular weight is 376 g/mol. The van der Waals surface area contributed by atoms with Gasteiger partial charge in [-0.2, -0.15) is 10.5 Å². The summed E-state index contributed by atoms with van der Waals surface area (Å²) in [6, 6.07) is 6.36. The van der Waals surface area contributed by atoms with Gasteiger partial charge < -0.3 is 10.1 Å². The topological polar surface area (TPSA) is 112 Å². The molecule has 0 saturated carbocycles. The Morgan fingerprint density at radius 3 is 2.85 bits per heavy atom. The van der Waals surface area contributed by atoms with Gasteiger partial charge >= 0.3 is 0 Å². The molecule has 1 aromatic carbocycles. The van der Waals surface area contributed by atoms with Crippen molar-refractivity contribution in [3.8, 4) is 17.6 Å². The second-order valence-electron chi connectivity index (χ2n) is 4.73. The van der Waals surface area contributed by atoms with Gasteiger partial charge in [0.25, 0.3) is 0 Å². The molecule has 0 aliphatic heterocycles. The van der Waals surface area contributed by atoms with Crippen LogP contribution in [0.3, 0.4) is 0 Å². The van der Waals surface area contributed by atoms with E-state index in [1.807, 2.05) is 6.07 Å². The number of aromatic nitrogens is 5. The number of aromatic amines is 1. The molecule has 0 amide bonds. The maximum absolute atomic E-state index is 14.2. The number of nitrogens with one attached hydrogen (secondary N) is 2.